The van der Waals surface area contributed by atoms with E-state index in [0.717, 1.165) is 30.4 Å². The number of anilines is 1. The molecule has 1 atom stereocenters. The molecule has 0 fully saturated rings. The second kappa shape index (κ2) is 6.65. The first-order valence-electron chi connectivity index (χ1n) is 8.73. The molecular formula is C21H24N2OS. The van der Waals surface area contributed by atoms with Crippen molar-refractivity contribution < 1.29 is 4.79 Å². The number of hydrogen-bond donors (Lipinski definition) is 1. The molecule has 1 aliphatic carbocycles. The summed E-state index contributed by atoms with van der Waals surface area (Å²) in [5, 5.41) is 13.3. The lowest BCUT2D eigenvalue weighted by Crippen LogP contribution is -2.26. The van der Waals surface area contributed by atoms with Gasteiger partial charge in [-0.1, -0.05) is 39.0 Å². The number of carbonyl (C=O) groups excluding carboxylic acids is 1. The van der Waals surface area contributed by atoms with Crippen molar-refractivity contribution in [3.05, 3.63) is 51.4 Å². The average molecular weight is 353 g/mol. The van der Waals surface area contributed by atoms with Gasteiger partial charge >= 0.3 is 0 Å². The van der Waals surface area contributed by atoms with Crippen LogP contribution in [0.2, 0.25) is 0 Å². The van der Waals surface area contributed by atoms with Gasteiger partial charge in [0.05, 0.1) is 5.56 Å². The molecule has 1 aromatic carbocycles. The number of nitrogens with zero attached hydrogens (tertiary/aromatic N) is 1. The summed E-state index contributed by atoms with van der Waals surface area (Å²) in [5.74, 6) is 0.477. The van der Waals surface area contributed by atoms with E-state index in [-0.39, 0.29) is 11.3 Å². The van der Waals surface area contributed by atoms with E-state index < -0.39 is 0 Å². The topological polar surface area (TPSA) is 52.9 Å². The molecule has 130 valence electrons. The maximum Gasteiger partial charge on any atom is 0.256 e. The van der Waals surface area contributed by atoms with Gasteiger partial charge in [0.25, 0.3) is 5.91 Å². The maximum absolute atomic E-state index is 12.6. The summed E-state index contributed by atoms with van der Waals surface area (Å²) in [6.07, 6.45) is 3.03. The lowest BCUT2D eigenvalue weighted by Gasteiger charge is -2.33. The third kappa shape index (κ3) is 3.48. The van der Waals surface area contributed by atoms with E-state index in [4.69, 9.17) is 0 Å². The van der Waals surface area contributed by atoms with Crippen molar-refractivity contribution in [1.29, 1.82) is 5.26 Å². The smallest absolute Gasteiger partial charge is 0.256 e. The molecule has 1 aliphatic rings. The highest BCUT2D eigenvalue weighted by molar-refractivity contribution is 7.16. The van der Waals surface area contributed by atoms with Crippen LogP contribution in [-0.2, 0) is 12.8 Å². The molecular weight excluding hydrogens is 328 g/mol. The standard InChI is InChI=1S/C21H24N2OS/c1-13-7-5-6-8-15(13)19(24)23-20-17(12-22)16-10-9-14(21(2,3)4)11-18(16)25-20/h5-8,14H,9-11H2,1-4H3,(H,23,24). The molecule has 1 unspecified atom stereocenters. The monoisotopic (exact) mass is 352 g/mol. The van der Waals surface area contributed by atoms with Crippen LogP contribution in [0.3, 0.4) is 0 Å². The van der Waals surface area contributed by atoms with Crippen molar-refractivity contribution in [2.24, 2.45) is 11.3 Å². The van der Waals surface area contributed by atoms with Crippen molar-refractivity contribution in [3.8, 4) is 6.07 Å². The number of nitriles is 1. The third-order valence-electron chi connectivity index (χ3n) is 5.22. The van der Waals surface area contributed by atoms with Crippen LogP contribution < -0.4 is 5.32 Å². The Hall–Kier alpha value is -2.12. The highest BCUT2D eigenvalue weighted by Gasteiger charge is 2.32. The van der Waals surface area contributed by atoms with Crippen molar-refractivity contribution >= 4 is 22.2 Å². The minimum absolute atomic E-state index is 0.138. The maximum atomic E-state index is 12.6. The van der Waals surface area contributed by atoms with Crippen LogP contribution in [0, 0.1) is 29.6 Å². The second-order valence-electron chi connectivity index (χ2n) is 7.89. The fourth-order valence-electron chi connectivity index (χ4n) is 3.53. The molecule has 1 heterocycles. The van der Waals surface area contributed by atoms with Gasteiger partial charge in [0.1, 0.15) is 11.1 Å². The van der Waals surface area contributed by atoms with E-state index in [2.05, 4.69) is 32.2 Å². The van der Waals surface area contributed by atoms with Crippen LogP contribution in [0.15, 0.2) is 24.3 Å². The number of nitrogens with one attached hydrogen (secondary N) is 1. The van der Waals surface area contributed by atoms with Crippen LogP contribution in [0.25, 0.3) is 0 Å². The molecule has 0 saturated heterocycles. The Morgan fingerprint density at radius 3 is 2.68 bits per heavy atom. The molecule has 1 aromatic heterocycles. The average Bonchev–Trinajstić information content (AvgIpc) is 2.90. The molecule has 0 aliphatic heterocycles. The fraction of sp³-hybridized carbons (Fsp3) is 0.429. The minimum atomic E-state index is -0.138. The van der Waals surface area contributed by atoms with Gasteiger partial charge < -0.3 is 5.32 Å². The van der Waals surface area contributed by atoms with Crippen LogP contribution in [-0.4, -0.2) is 5.91 Å². The Morgan fingerprint density at radius 1 is 1.32 bits per heavy atom. The van der Waals surface area contributed by atoms with E-state index in [1.54, 1.807) is 11.3 Å². The van der Waals surface area contributed by atoms with Gasteiger partial charge in [-0.3, -0.25) is 4.79 Å². The van der Waals surface area contributed by atoms with Crippen LogP contribution in [0.1, 0.15) is 59.1 Å². The summed E-state index contributed by atoms with van der Waals surface area (Å²) in [6.45, 7) is 8.76. The molecule has 0 bridgehead atoms. The number of aryl methyl sites for hydroxylation is 1. The Balaban J connectivity index is 1.89. The zero-order valence-corrected chi connectivity index (χ0v) is 16.1. The summed E-state index contributed by atoms with van der Waals surface area (Å²) < 4.78 is 0. The first-order valence-corrected chi connectivity index (χ1v) is 9.54. The van der Waals surface area contributed by atoms with E-state index in [9.17, 15) is 10.1 Å². The highest BCUT2D eigenvalue weighted by Crippen LogP contribution is 2.44. The van der Waals surface area contributed by atoms with Gasteiger partial charge in [-0.15, -0.1) is 11.3 Å². The summed E-state index contributed by atoms with van der Waals surface area (Å²) in [4.78, 5) is 13.9. The predicted octanol–water partition coefficient (Wildman–Crippen LogP) is 5.33. The van der Waals surface area contributed by atoms with Gasteiger partial charge in [0, 0.05) is 10.4 Å². The Bertz CT molecular complexity index is 852. The van der Waals surface area contributed by atoms with Gasteiger partial charge in [-0.25, -0.2) is 0 Å². The number of amides is 1. The molecule has 0 radical (unpaired) electrons. The molecule has 1 amide bonds. The summed E-state index contributed by atoms with van der Waals surface area (Å²) in [6, 6.07) is 9.85. The first kappa shape index (κ1) is 17.7. The summed E-state index contributed by atoms with van der Waals surface area (Å²) in [7, 11) is 0. The number of rotatable bonds is 2. The lowest BCUT2D eigenvalue weighted by molar-refractivity contribution is 0.102. The quantitative estimate of drug-likeness (QED) is 0.794. The zero-order valence-electron chi connectivity index (χ0n) is 15.3. The molecule has 1 N–H and O–H groups in total. The predicted molar refractivity (Wildman–Crippen MR) is 103 cm³/mol. The molecule has 3 rings (SSSR count). The Morgan fingerprint density at radius 2 is 2.04 bits per heavy atom. The van der Waals surface area contributed by atoms with Crippen molar-refractivity contribution in [2.75, 3.05) is 5.32 Å². The van der Waals surface area contributed by atoms with Gasteiger partial charge in [-0.2, -0.15) is 5.26 Å². The van der Waals surface area contributed by atoms with Gasteiger partial charge in [0.2, 0.25) is 0 Å². The Labute approximate surface area is 153 Å². The van der Waals surface area contributed by atoms with Gasteiger partial charge in [-0.05, 0) is 54.7 Å². The molecule has 25 heavy (non-hydrogen) atoms. The molecule has 3 nitrogen and oxygen atoms in total. The zero-order chi connectivity index (χ0) is 18.2. The van der Waals surface area contributed by atoms with Crippen molar-refractivity contribution in [1.82, 2.24) is 0 Å². The van der Waals surface area contributed by atoms with Crippen LogP contribution >= 0.6 is 11.3 Å². The number of benzene rings is 1. The van der Waals surface area contributed by atoms with Gasteiger partial charge in [0.15, 0.2) is 0 Å². The fourth-order valence-corrected chi connectivity index (χ4v) is 4.80. The largest absolute Gasteiger partial charge is 0.312 e. The van der Waals surface area contributed by atoms with Crippen molar-refractivity contribution in [3.63, 3.8) is 0 Å². The lowest BCUT2D eigenvalue weighted by atomic mass is 9.72. The Kier molecular flexibility index (Phi) is 4.71. The number of thiophene rings is 1. The number of fused-ring (bicyclic) bond motifs is 1. The van der Waals surface area contributed by atoms with E-state index in [1.165, 1.54) is 4.88 Å². The molecule has 0 spiro atoms. The van der Waals surface area contributed by atoms with Crippen LogP contribution in [0.4, 0.5) is 5.00 Å². The van der Waals surface area contributed by atoms with E-state index in [1.807, 2.05) is 31.2 Å². The van der Waals surface area contributed by atoms with Crippen LogP contribution in [0.5, 0.6) is 0 Å². The highest BCUT2D eigenvalue weighted by atomic mass is 32.1. The molecule has 0 saturated carbocycles. The van der Waals surface area contributed by atoms with E-state index in [0.29, 0.717) is 22.0 Å². The molecule has 4 heteroatoms. The number of carbonyl (C=O) groups is 1. The summed E-state index contributed by atoms with van der Waals surface area (Å²) >= 11 is 1.58. The minimum Gasteiger partial charge on any atom is -0.312 e. The van der Waals surface area contributed by atoms with E-state index >= 15 is 0 Å². The summed E-state index contributed by atoms with van der Waals surface area (Å²) in [5.41, 5.74) is 3.67. The number of hydrogen-bond acceptors (Lipinski definition) is 3. The second-order valence-corrected chi connectivity index (χ2v) is 9.00. The third-order valence-corrected chi connectivity index (χ3v) is 6.39. The normalized spacial score (nSPS) is 16.8. The SMILES string of the molecule is Cc1ccccc1C(=O)Nc1sc2c(c1C#N)CCC(C(C)(C)C)C2. The first-order chi connectivity index (χ1) is 11.8. The molecule has 2 aromatic rings. The van der Waals surface area contributed by atoms with Crippen molar-refractivity contribution in [2.45, 2.75) is 47.0 Å².